The Morgan fingerprint density at radius 2 is 1.57 bits per heavy atom. The average molecular weight is 353 g/mol. The van der Waals surface area contributed by atoms with Crippen molar-refractivity contribution >= 4 is 35.0 Å². The fourth-order valence-corrected chi connectivity index (χ4v) is 3.12. The van der Waals surface area contributed by atoms with Crippen LogP contribution in [0.2, 0.25) is 10.0 Å². The van der Waals surface area contributed by atoms with Gasteiger partial charge in [0.15, 0.2) is 0 Å². The second-order valence-electron chi connectivity index (χ2n) is 5.39. The van der Waals surface area contributed by atoms with Crippen LogP contribution >= 0.6 is 23.2 Å². The van der Waals surface area contributed by atoms with Gasteiger partial charge in [-0.25, -0.2) is 0 Å². The maximum atomic E-state index is 12.2. The van der Waals surface area contributed by atoms with Crippen LogP contribution in [0.4, 0.5) is 0 Å². The first kappa shape index (κ1) is 15.8. The number of H-pyrrole nitrogens is 1. The summed E-state index contributed by atoms with van der Waals surface area (Å²) in [5, 5.41) is 13.1. The number of carbonyl (C=O) groups excluding carboxylic acids is 2. The molecular weight excluding hydrogens is 339 g/mol. The van der Waals surface area contributed by atoms with Gasteiger partial charge >= 0.3 is 0 Å². The third-order valence-corrected chi connectivity index (χ3v) is 4.05. The molecule has 2 atom stereocenters. The summed E-state index contributed by atoms with van der Waals surface area (Å²) in [6.45, 7) is 0. The third-order valence-electron chi connectivity index (χ3n) is 3.61. The van der Waals surface area contributed by atoms with E-state index in [1.165, 1.54) is 0 Å². The van der Waals surface area contributed by atoms with Gasteiger partial charge in [-0.3, -0.25) is 14.7 Å². The number of aromatic amines is 1. The first-order chi connectivity index (χ1) is 11.0. The highest BCUT2D eigenvalue weighted by molar-refractivity contribution is 6.34. The van der Waals surface area contributed by atoms with Crippen LogP contribution in [0.3, 0.4) is 0 Å². The zero-order valence-electron chi connectivity index (χ0n) is 12.0. The van der Waals surface area contributed by atoms with Gasteiger partial charge in [-0.05, 0) is 29.8 Å². The summed E-state index contributed by atoms with van der Waals surface area (Å²) in [6, 6.07) is 5.58. The summed E-state index contributed by atoms with van der Waals surface area (Å²) in [5.41, 5.74) is 1.57. The smallest absolute Gasteiger partial charge is 0.243 e. The summed E-state index contributed by atoms with van der Waals surface area (Å²) in [7, 11) is 0. The molecule has 1 saturated heterocycles. The number of amides is 2. The quantitative estimate of drug-likeness (QED) is 0.778. The molecule has 2 amide bonds. The molecule has 0 spiro atoms. The van der Waals surface area contributed by atoms with E-state index in [4.69, 9.17) is 23.2 Å². The molecule has 1 aromatic heterocycles. The molecule has 0 saturated carbocycles. The van der Waals surface area contributed by atoms with Gasteiger partial charge in [-0.1, -0.05) is 23.2 Å². The molecule has 1 aliphatic rings. The van der Waals surface area contributed by atoms with Gasteiger partial charge in [-0.2, -0.15) is 5.10 Å². The number of nitrogens with one attached hydrogen (secondary N) is 3. The molecule has 120 valence electrons. The van der Waals surface area contributed by atoms with Gasteiger partial charge in [0, 0.05) is 34.8 Å². The molecule has 8 heteroatoms. The number of nitrogens with zero attached hydrogens (tertiary/aromatic N) is 1. The summed E-state index contributed by atoms with van der Waals surface area (Å²) < 4.78 is 0. The van der Waals surface area contributed by atoms with E-state index in [0.717, 1.165) is 11.3 Å². The second-order valence-corrected chi connectivity index (χ2v) is 6.26. The number of hydrogen-bond donors (Lipinski definition) is 3. The van der Waals surface area contributed by atoms with E-state index >= 15 is 0 Å². The van der Waals surface area contributed by atoms with E-state index < -0.39 is 12.1 Å². The van der Waals surface area contributed by atoms with Crippen molar-refractivity contribution in [3.63, 3.8) is 0 Å². The first-order valence-corrected chi connectivity index (χ1v) is 7.81. The maximum absolute atomic E-state index is 12.2. The lowest BCUT2D eigenvalue weighted by Crippen LogP contribution is -2.62. The van der Waals surface area contributed by atoms with Gasteiger partial charge < -0.3 is 10.6 Å². The molecule has 2 unspecified atom stereocenters. The third kappa shape index (κ3) is 3.83. The van der Waals surface area contributed by atoms with Gasteiger partial charge in [0.2, 0.25) is 11.8 Å². The Bertz CT molecular complexity index is 713. The Labute approximate surface area is 142 Å². The van der Waals surface area contributed by atoms with Crippen molar-refractivity contribution in [1.29, 1.82) is 0 Å². The van der Waals surface area contributed by atoms with Crippen LogP contribution in [0.5, 0.6) is 0 Å². The van der Waals surface area contributed by atoms with Crippen LogP contribution < -0.4 is 10.6 Å². The highest BCUT2D eigenvalue weighted by Gasteiger charge is 2.33. The van der Waals surface area contributed by atoms with Crippen molar-refractivity contribution in [2.45, 2.75) is 24.9 Å². The second kappa shape index (κ2) is 6.60. The molecule has 6 nitrogen and oxygen atoms in total. The molecule has 2 aromatic rings. The van der Waals surface area contributed by atoms with Crippen LogP contribution in [0.15, 0.2) is 30.5 Å². The molecule has 1 fully saturated rings. The first-order valence-electron chi connectivity index (χ1n) is 7.05. The lowest BCUT2D eigenvalue weighted by atomic mass is 10.0. The SMILES string of the molecule is O=C1NC(Cc2ccn[nH]2)C(=O)NC1Cc1cc(Cl)cc(Cl)c1. The van der Waals surface area contributed by atoms with E-state index in [0.29, 0.717) is 22.9 Å². The summed E-state index contributed by atoms with van der Waals surface area (Å²) >= 11 is 11.9. The molecule has 2 heterocycles. The van der Waals surface area contributed by atoms with Crippen molar-refractivity contribution in [3.05, 3.63) is 51.8 Å². The number of benzene rings is 1. The van der Waals surface area contributed by atoms with Gasteiger partial charge in [0.05, 0.1) is 0 Å². The molecule has 1 aliphatic heterocycles. The molecule has 1 aromatic carbocycles. The van der Waals surface area contributed by atoms with E-state index in [2.05, 4.69) is 20.8 Å². The normalized spacial score (nSPS) is 21.0. The van der Waals surface area contributed by atoms with E-state index in [1.54, 1.807) is 30.5 Å². The molecule has 0 radical (unpaired) electrons. The predicted molar refractivity (Wildman–Crippen MR) is 86.3 cm³/mol. The Kier molecular flexibility index (Phi) is 4.54. The zero-order valence-corrected chi connectivity index (χ0v) is 13.5. The Hall–Kier alpha value is -2.05. The predicted octanol–water partition coefficient (Wildman–Crippen LogP) is 1.48. The van der Waals surface area contributed by atoms with Crippen LogP contribution in [0.1, 0.15) is 11.3 Å². The molecule has 0 aliphatic carbocycles. The maximum Gasteiger partial charge on any atom is 0.243 e. The minimum absolute atomic E-state index is 0.225. The van der Waals surface area contributed by atoms with Crippen LogP contribution in [0.25, 0.3) is 0 Å². The van der Waals surface area contributed by atoms with Crippen molar-refractivity contribution in [2.24, 2.45) is 0 Å². The summed E-state index contributed by atoms with van der Waals surface area (Å²) in [6.07, 6.45) is 2.30. The lowest BCUT2D eigenvalue weighted by Gasteiger charge is -2.29. The number of aromatic nitrogens is 2. The zero-order chi connectivity index (χ0) is 16.4. The molecule has 3 rings (SSSR count). The Balaban J connectivity index is 1.67. The van der Waals surface area contributed by atoms with Gasteiger partial charge in [0.25, 0.3) is 0 Å². The molecular formula is C15H14Cl2N4O2. The lowest BCUT2D eigenvalue weighted by molar-refractivity contribution is -0.136. The van der Waals surface area contributed by atoms with Crippen molar-refractivity contribution in [1.82, 2.24) is 20.8 Å². The topological polar surface area (TPSA) is 86.9 Å². The van der Waals surface area contributed by atoms with Gasteiger partial charge in [0.1, 0.15) is 12.1 Å². The Morgan fingerprint density at radius 1 is 0.957 bits per heavy atom. The van der Waals surface area contributed by atoms with Crippen LogP contribution in [0, 0.1) is 0 Å². The molecule has 23 heavy (non-hydrogen) atoms. The number of hydrogen-bond acceptors (Lipinski definition) is 3. The number of halogens is 2. The fraction of sp³-hybridized carbons (Fsp3) is 0.267. The minimum Gasteiger partial charge on any atom is -0.342 e. The van der Waals surface area contributed by atoms with Crippen LogP contribution in [-0.2, 0) is 22.4 Å². The highest BCUT2D eigenvalue weighted by atomic mass is 35.5. The highest BCUT2D eigenvalue weighted by Crippen LogP contribution is 2.20. The fourth-order valence-electron chi connectivity index (χ4n) is 2.55. The molecule has 0 bridgehead atoms. The minimum atomic E-state index is -0.643. The summed E-state index contributed by atoms with van der Waals surface area (Å²) in [5.74, 6) is -0.456. The van der Waals surface area contributed by atoms with Gasteiger partial charge in [-0.15, -0.1) is 0 Å². The summed E-state index contributed by atoms with van der Waals surface area (Å²) in [4.78, 5) is 24.4. The van der Waals surface area contributed by atoms with E-state index in [-0.39, 0.29) is 11.8 Å². The van der Waals surface area contributed by atoms with Crippen LogP contribution in [-0.4, -0.2) is 34.1 Å². The monoisotopic (exact) mass is 352 g/mol. The average Bonchev–Trinajstić information content (AvgIpc) is 2.96. The number of piperazine rings is 1. The molecule has 3 N–H and O–H groups in total. The van der Waals surface area contributed by atoms with E-state index in [1.807, 2.05) is 0 Å². The number of carbonyl (C=O) groups is 2. The standard InChI is InChI=1S/C15H14Cl2N4O2/c16-9-3-8(4-10(17)6-9)5-12-14(22)20-13(15(23)19-12)7-11-1-2-18-21-11/h1-4,6,12-13H,5,7H2,(H,18,21)(H,19,23)(H,20,22). The van der Waals surface area contributed by atoms with E-state index in [9.17, 15) is 9.59 Å². The van der Waals surface area contributed by atoms with Crippen molar-refractivity contribution in [2.75, 3.05) is 0 Å². The van der Waals surface area contributed by atoms with Crippen molar-refractivity contribution < 1.29 is 9.59 Å². The Morgan fingerprint density at radius 3 is 2.13 bits per heavy atom. The van der Waals surface area contributed by atoms with Crippen molar-refractivity contribution in [3.8, 4) is 0 Å². The largest absolute Gasteiger partial charge is 0.342 e. The number of rotatable bonds is 4.